The van der Waals surface area contributed by atoms with E-state index in [-0.39, 0.29) is 22.5 Å². The van der Waals surface area contributed by atoms with Crippen LogP contribution in [0.25, 0.3) is 5.69 Å². The van der Waals surface area contributed by atoms with Crippen LogP contribution in [0, 0.1) is 0 Å². The minimum Gasteiger partial charge on any atom is -0.493 e. The van der Waals surface area contributed by atoms with Crippen LogP contribution in [-0.4, -0.2) is 41.2 Å². The van der Waals surface area contributed by atoms with Crippen LogP contribution in [0.4, 0.5) is 18.9 Å². The van der Waals surface area contributed by atoms with Gasteiger partial charge in [-0.1, -0.05) is 17.8 Å². The fourth-order valence-electron chi connectivity index (χ4n) is 3.48. The molecule has 12 heteroatoms. The van der Waals surface area contributed by atoms with Gasteiger partial charge in [0.15, 0.2) is 16.7 Å². The Labute approximate surface area is 207 Å². The summed E-state index contributed by atoms with van der Waals surface area (Å²) < 4.78 is 51.4. The highest BCUT2D eigenvalue weighted by molar-refractivity contribution is 8.00. The van der Waals surface area contributed by atoms with Gasteiger partial charge >= 0.3 is 6.18 Å². The first-order valence-corrected chi connectivity index (χ1v) is 12.3. The van der Waals surface area contributed by atoms with Crippen LogP contribution in [0.2, 0.25) is 0 Å². The molecule has 0 spiro atoms. The molecule has 0 saturated carbocycles. The standard InChI is InChI=1S/C23H20F3N3O4S2/c1-32-17-7-6-14(11-18(17)33-2)27-19(30)12-35-22-28-16-8-9-34-20(16)21(31)29(22)15-5-3-4-13(10-15)23(24,25)26/h3-7,10-11H,8-9,12H2,1-2H3,(H,27,30). The SMILES string of the molecule is COc1ccc(NC(=O)CSc2nc3c(c(=O)n2-c2cccc(C(F)(F)F)c2)SCC3)cc1OC. The highest BCUT2D eigenvalue weighted by Crippen LogP contribution is 2.33. The van der Waals surface area contributed by atoms with Crippen molar-refractivity contribution in [3.05, 3.63) is 64.1 Å². The Kier molecular flexibility index (Phi) is 7.31. The summed E-state index contributed by atoms with van der Waals surface area (Å²) >= 11 is 2.30. The number of methoxy groups -OCH3 is 2. The molecule has 35 heavy (non-hydrogen) atoms. The number of alkyl halides is 3. The van der Waals surface area contributed by atoms with E-state index in [1.807, 2.05) is 0 Å². The van der Waals surface area contributed by atoms with E-state index < -0.39 is 17.3 Å². The number of fused-ring (bicyclic) bond motifs is 1. The Bertz CT molecular complexity index is 1330. The Hall–Kier alpha value is -3.12. The number of nitrogens with one attached hydrogen (secondary N) is 1. The molecule has 0 atom stereocenters. The van der Waals surface area contributed by atoms with E-state index in [9.17, 15) is 22.8 Å². The molecule has 0 radical (unpaired) electrons. The molecule has 184 valence electrons. The minimum atomic E-state index is -4.56. The normalized spacial score (nSPS) is 12.8. The largest absolute Gasteiger partial charge is 0.493 e. The van der Waals surface area contributed by atoms with E-state index in [1.54, 1.807) is 18.2 Å². The second kappa shape index (κ2) is 10.2. The predicted octanol–water partition coefficient (Wildman–Crippen LogP) is 4.65. The summed E-state index contributed by atoms with van der Waals surface area (Å²) in [7, 11) is 2.98. The number of aromatic nitrogens is 2. The summed E-state index contributed by atoms with van der Waals surface area (Å²) in [5, 5.41) is 2.88. The summed E-state index contributed by atoms with van der Waals surface area (Å²) in [6, 6.07) is 9.39. The number of hydrogen-bond donors (Lipinski definition) is 1. The summed E-state index contributed by atoms with van der Waals surface area (Å²) in [4.78, 5) is 30.7. The Balaban J connectivity index is 1.61. The van der Waals surface area contributed by atoms with Gasteiger partial charge in [0.05, 0.1) is 41.8 Å². The van der Waals surface area contributed by atoms with Crippen molar-refractivity contribution >= 4 is 35.1 Å². The van der Waals surface area contributed by atoms with Crippen LogP contribution >= 0.6 is 23.5 Å². The van der Waals surface area contributed by atoms with Crippen molar-refractivity contribution in [3.8, 4) is 17.2 Å². The number of halogens is 3. The topological polar surface area (TPSA) is 82.5 Å². The summed E-state index contributed by atoms with van der Waals surface area (Å²) in [5.74, 6) is 1.10. The van der Waals surface area contributed by atoms with Crippen molar-refractivity contribution in [2.45, 2.75) is 22.6 Å². The first kappa shape index (κ1) is 25.0. The molecule has 1 N–H and O–H groups in total. The van der Waals surface area contributed by atoms with Gasteiger partial charge in [0.2, 0.25) is 5.91 Å². The molecule has 7 nitrogen and oxygen atoms in total. The number of rotatable bonds is 7. The van der Waals surface area contributed by atoms with Crippen molar-refractivity contribution in [2.75, 3.05) is 31.0 Å². The molecular weight excluding hydrogens is 503 g/mol. The molecule has 1 aliphatic rings. The van der Waals surface area contributed by atoms with E-state index >= 15 is 0 Å². The lowest BCUT2D eigenvalue weighted by molar-refractivity contribution is -0.137. The number of carbonyl (C=O) groups excluding carboxylic acids is 1. The van der Waals surface area contributed by atoms with Gasteiger partial charge in [0.1, 0.15) is 0 Å². The highest BCUT2D eigenvalue weighted by atomic mass is 32.2. The third-order valence-corrected chi connectivity index (χ3v) is 7.14. The van der Waals surface area contributed by atoms with Crippen molar-refractivity contribution < 1.29 is 27.4 Å². The molecule has 4 rings (SSSR count). The number of carbonyl (C=O) groups is 1. The van der Waals surface area contributed by atoms with Gasteiger partial charge in [0, 0.05) is 23.9 Å². The number of nitrogens with zero attached hydrogens (tertiary/aromatic N) is 2. The second-order valence-electron chi connectivity index (χ2n) is 7.36. The maximum Gasteiger partial charge on any atom is 0.416 e. The van der Waals surface area contributed by atoms with Crippen LogP contribution < -0.4 is 20.3 Å². The molecule has 0 fully saturated rings. The van der Waals surface area contributed by atoms with Crippen molar-refractivity contribution in [1.29, 1.82) is 0 Å². The average Bonchev–Trinajstić information content (AvgIpc) is 3.31. The first-order chi connectivity index (χ1) is 16.7. The zero-order chi connectivity index (χ0) is 25.2. The number of amides is 1. The maximum atomic E-state index is 13.3. The summed E-state index contributed by atoms with van der Waals surface area (Å²) in [6.07, 6.45) is -3.99. The van der Waals surface area contributed by atoms with Gasteiger partial charge in [0.25, 0.3) is 5.56 Å². The summed E-state index contributed by atoms with van der Waals surface area (Å²) in [6.45, 7) is 0. The van der Waals surface area contributed by atoms with E-state index in [4.69, 9.17) is 9.47 Å². The van der Waals surface area contributed by atoms with Gasteiger partial charge in [-0.15, -0.1) is 11.8 Å². The van der Waals surface area contributed by atoms with E-state index in [1.165, 1.54) is 38.1 Å². The molecule has 0 bridgehead atoms. The Morgan fingerprint density at radius 3 is 2.66 bits per heavy atom. The maximum absolute atomic E-state index is 13.3. The van der Waals surface area contributed by atoms with Crippen molar-refractivity contribution in [1.82, 2.24) is 9.55 Å². The molecule has 3 aromatic rings. The smallest absolute Gasteiger partial charge is 0.416 e. The molecule has 0 aliphatic carbocycles. The highest BCUT2D eigenvalue weighted by Gasteiger charge is 2.31. The number of aryl methyl sites for hydroxylation is 1. The summed E-state index contributed by atoms with van der Waals surface area (Å²) in [5.41, 5.74) is -0.222. The number of thioether (sulfide) groups is 2. The van der Waals surface area contributed by atoms with Gasteiger partial charge in [-0.05, 0) is 30.3 Å². The minimum absolute atomic E-state index is 0.0374. The van der Waals surface area contributed by atoms with Crippen LogP contribution in [-0.2, 0) is 17.4 Å². The van der Waals surface area contributed by atoms with Crippen LogP contribution in [0.15, 0.2) is 57.3 Å². The second-order valence-corrected chi connectivity index (χ2v) is 9.41. The third kappa shape index (κ3) is 5.43. The van der Waals surface area contributed by atoms with E-state index in [0.717, 1.165) is 28.5 Å². The molecule has 0 unspecified atom stereocenters. The van der Waals surface area contributed by atoms with Crippen molar-refractivity contribution in [3.63, 3.8) is 0 Å². The fourth-order valence-corrected chi connectivity index (χ4v) is 5.33. The monoisotopic (exact) mass is 523 g/mol. The number of hydrogen-bond acceptors (Lipinski definition) is 7. The number of ether oxygens (including phenoxy) is 2. The fraction of sp³-hybridized carbons (Fsp3) is 0.261. The van der Waals surface area contributed by atoms with Gasteiger partial charge in [-0.2, -0.15) is 13.2 Å². The van der Waals surface area contributed by atoms with Crippen molar-refractivity contribution in [2.24, 2.45) is 0 Å². The molecule has 1 aromatic heterocycles. The Morgan fingerprint density at radius 1 is 1.17 bits per heavy atom. The predicted molar refractivity (Wildman–Crippen MR) is 128 cm³/mol. The third-order valence-electron chi connectivity index (χ3n) is 5.10. The molecule has 1 aliphatic heterocycles. The van der Waals surface area contributed by atoms with Gasteiger partial charge < -0.3 is 14.8 Å². The molecular formula is C23H20F3N3O4S2. The number of benzene rings is 2. The lowest BCUT2D eigenvalue weighted by Gasteiger charge is -2.15. The quantitative estimate of drug-likeness (QED) is 0.357. The molecule has 2 aromatic carbocycles. The van der Waals surface area contributed by atoms with E-state index in [2.05, 4.69) is 10.3 Å². The average molecular weight is 524 g/mol. The van der Waals surface area contributed by atoms with Crippen LogP contribution in [0.5, 0.6) is 11.5 Å². The lowest BCUT2D eigenvalue weighted by Crippen LogP contribution is -2.25. The first-order valence-electron chi connectivity index (χ1n) is 10.3. The van der Waals surface area contributed by atoms with Gasteiger partial charge in [-0.25, -0.2) is 4.98 Å². The zero-order valence-electron chi connectivity index (χ0n) is 18.6. The van der Waals surface area contributed by atoms with Gasteiger partial charge in [-0.3, -0.25) is 14.2 Å². The zero-order valence-corrected chi connectivity index (χ0v) is 20.3. The molecule has 0 saturated heterocycles. The Morgan fingerprint density at radius 2 is 1.94 bits per heavy atom. The molecule has 1 amide bonds. The molecule has 2 heterocycles. The van der Waals surface area contributed by atoms with Crippen LogP contribution in [0.3, 0.4) is 0 Å². The van der Waals surface area contributed by atoms with E-state index in [0.29, 0.717) is 39.9 Å². The van der Waals surface area contributed by atoms with Crippen LogP contribution in [0.1, 0.15) is 11.3 Å². The number of anilines is 1. The lowest BCUT2D eigenvalue weighted by atomic mass is 10.2.